The molecule has 0 aromatic heterocycles. The molecule has 0 spiro atoms. The van der Waals surface area contributed by atoms with E-state index in [-0.39, 0.29) is 17.1 Å². The van der Waals surface area contributed by atoms with Gasteiger partial charge >= 0.3 is 0 Å². The van der Waals surface area contributed by atoms with Gasteiger partial charge in [-0.15, -0.1) is 12.4 Å². The molecule has 1 nitrogen and oxygen atoms in total. The fourth-order valence-electron chi connectivity index (χ4n) is 0.250. The van der Waals surface area contributed by atoms with E-state index in [9.17, 15) is 0 Å². The number of hydrogen-bond donors (Lipinski definition) is 1. The second-order valence-corrected chi connectivity index (χ2v) is 0.957. The first-order chi connectivity index (χ1) is 2.41. The molecule has 0 aliphatic heterocycles. The van der Waals surface area contributed by atoms with Crippen LogP contribution in [-0.4, -0.2) is 13.1 Å². The van der Waals surface area contributed by atoms with Gasteiger partial charge in [-0.1, -0.05) is 13.8 Å². The van der Waals surface area contributed by atoms with E-state index in [4.69, 9.17) is 0 Å². The Morgan fingerprint density at radius 3 is 1.43 bits per heavy atom. The summed E-state index contributed by atoms with van der Waals surface area (Å²) in [5, 5.41) is 3.11. The molecule has 1 N–H and O–H groups in total. The third-order valence-electron chi connectivity index (χ3n) is 0.500. The van der Waals surface area contributed by atoms with Crippen LogP contribution in [0.5, 0.6) is 0 Å². The van der Waals surface area contributed by atoms with Crippen LogP contribution in [0.1, 0.15) is 13.8 Å². The maximum Gasteiger partial charge on any atom is -0.00775 e. The van der Waals surface area contributed by atoms with E-state index in [1.807, 2.05) is 0 Å². The molecule has 0 saturated heterocycles. The summed E-state index contributed by atoms with van der Waals surface area (Å²) in [6, 6.07) is 0. The van der Waals surface area contributed by atoms with Crippen LogP contribution in [0, 0.1) is 0 Å². The normalized spacial score (nSPS) is 6.00. The van der Waals surface area contributed by atoms with Crippen molar-refractivity contribution in [1.29, 1.82) is 0 Å². The Kier molecular flexibility index (Phi) is 36.8. The maximum atomic E-state index is 3.11. The first-order valence-corrected chi connectivity index (χ1v) is 2.12. The van der Waals surface area contributed by atoms with Crippen LogP contribution >= 0.6 is 12.4 Å². The number of rotatable bonds is 2. The predicted molar refractivity (Wildman–Crippen MR) is 34.0 cm³/mol. The molecule has 0 unspecified atom stereocenters. The SMILES string of the molecule is CCNCC.Cl.F. The summed E-state index contributed by atoms with van der Waals surface area (Å²) < 4.78 is 0. The van der Waals surface area contributed by atoms with Crippen LogP contribution in [0.4, 0.5) is 4.70 Å². The standard InChI is InChI=1S/C4H11N.ClH.FH/c1-3-5-4-2;;/h5H,3-4H2,1-2H3;2*1H. The van der Waals surface area contributed by atoms with E-state index < -0.39 is 0 Å². The number of hydrogen-bond acceptors (Lipinski definition) is 1. The zero-order chi connectivity index (χ0) is 4.12. The van der Waals surface area contributed by atoms with E-state index in [0.29, 0.717) is 0 Å². The molecule has 0 aromatic carbocycles. The Balaban J connectivity index is -0.0000000800. The molecular weight excluding hydrogens is 117 g/mol. The Morgan fingerprint density at radius 2 is 1.43 bits per heavy atom. The second-order valence-electron chi connectivity index (χ2n) is 0.957. The molecule has 0 heterocycles. The molecule has 0 aliphatic carbocycles. The van der Waals surface area contributed by atoms with E-state index in [1.165, 1.54) is 0 Å². The topological polar surface area (TPSA) is 12.0 Å². The zero-order valence-corrected chi connectivity index (χ0v) is 5.55. The van der Waals surface area contributed by atoms with Crippen molar-refractivity contribution in [3.05, 3.63) is 0 Å². The third kappa shape index (κ3) is 22.7. The van der Waals surface area contributed by atoms with Gasteiger partial charge in [0.25, 0.3) is 0 Å². The largest absolute Gasteiger partial charge is 0.317 e. The molecule has 0 fully saturated rings. The first kappa shape index (κ1) is 15.7. The van der Waals surface area contributed by atoms with Crippen LogP contribution in [0.2, 0.25) is 0 Å². The Labute approximate surface area is 50.3 Å². The summed E-state index contributed by atoms with van der Waals surface area (Å²) in [6.07, 6.45) is 0. The van der Waals surface area contributed by atoms with Gasteiger partial charge < -0.3 is 5.32 Å². The Morgan fingerprint density at radius 1 is 1.14 bits per heavy atom. The molecule has 0 atom stereocenters. The molecule has 0 rings (SSSR count). The van der Waals surface area contributed by atoms with Gasteiger partial charge in [0.2, 0.25) is 0 Å². The molecule has 3 heteroatoms. The van der Waals surface area contributed by atoms with Crippen LogP contribution in [0.3, 0.4) is 0 Å². The molecular formula is C4H13ClFN. The van der Waals surface area contributed by atoms with Crippen LogP contribution in [-0.2, 0) is 0 Å². The molecule has 48 valence electrons. The highest BCUT2D eigenvalue weighted by atomic mass is 35.5. The molecule has 0 radical (unpaired) electrons. The average molecular weight is 130 g/mol. The Bertz CT molecular complexity index is 19.2. The van der Waals surface area contributed by atoms with E-state index >= 15 is 0 Å². The van der Waals surface area contributed by atoms with Gasteiger partial charge in [0, 0.05) is 0 Å². The lowest BCUT2D eigenvalue weighted by Gasteiger charge is -1.86. The molecule has 0 bridgehead atoms. The van der Waals surface area contributed by atoms with E-state index in [2.05, 4.69) is 19.2 Å². The quantitative estimate of drug-likeness (QED) is 0.591. The van der Waals surface area contributed by atoms with Gasteiger partial charge in [-0.2, -0.15) is 0 Å². The monoisotopic (exact) mass is 129 g/mol. The maximum absolute atomic E-state index is 3.11. The fourth-order valence-corrected chi connectivity index (χ4v) is 0.250. The zero-order valence-electron chi connectivity index (χ0n) is 4.73. The van der Waals surface area contributed by atoms with Crippen molar-refractivity contribution in [1.82, 2.24) is 5.32 Å². The highest BCUT2D eigenvalue weighted by molar-refractivity contribution is 5.85. The predicted octanol–water partition coefficient (Wildman–Crippen LogP) is 1.19. The summed E-state index contributed by atoms with van der Waals surface area (Å²) in [7, 11) is 0. The van der Waals surface area contributed by atoms with Crippen LogP contribution in [0.15, 0.2) is 0 Å². The van der Waals surface area contributed by atoms with Gasteiger partial charge in [0.05, 0.1) is 0 Å². The lowest BCUT2D eigenvalue weighted by atomic mass is 10.7. The van der Waals surface area contributed by atoms with Gasteiger partial charge in [0.15, 0.2) is 0 Å². The van der Waals surface area contributed by atoms with Crippen molar-refractivity contribution in [3.8, 4) is 0 Å². The van der Waals surface area contributed by atoms with Crippen molar-refractivity contribution in [2.75, 3.05) is 13.1 Å². The van der Waals surface area contributed by atoms with Crippen molar-refractivity contribution < 1.29 is 4.70 Å². The molecule has 0 saturated carbocycles. The van der Waals surface area contributed by atoms with Crippen molar-refractivity contribution in [2.24, 2.45) is 0 Å². The van der Waals surface area contributed by atoms with Crippen LogP contribution < -0.4 is 5.32 Å². The van der Waals surface area contributed by atoms with Crippen molar-refractivity contribution >= 4 is 12.4 Å². The van der Waals surface area contributed by atoms with Crippen molar-refractivity contribution in [3.63, 3.8) is 0 Å². The smallest absolute Gasteiger partial charge is 0.00775 e. The summed E-state index contributed by atoms with van der Waals surface area (Å²) in [5.74, 6) is 0. The van der Waals surface area contributed by atoms with Crippen molar-refractivity contribution in [2.45, 2.75) is 13.8 Å². The van der Waals surface area contributed by atoms with E-state index in [1.54, 1.807) is 0 Å². The lowest BCUT2D eigenvalue weighted by Crippen LogP contribution is -2.09. The minimum absolute atomic E-state index is 0. The number of nitrogens with one attached hydrogen (secondary N) is 1. The highest BCUT2D eigenvalue weighted by Crippen LogP contribution is 1.47. The molecule has 0 amide bonds. The fraction of sp³-hybridized carbons (Fsp3) is 1.00. The van der Waals surface area contributed by atoms with Gasteiger partial charge in [-0.3, -0.25) is 4.70 Å². The highest BCUT2D eigenvalue weighted by Gasteiger charge is 1.62. The lowest BCUT2D eigenvalue weighted by molar-refractivity contribution is 0.762. The van der Waals surface area contributed by atoms with Gasteiger partial charge in [0.1, 0.15) is 0 Å². The summed E-state index contributed by atoms with van der Waals surface area (Å²) in [5.41, 5.74) is 0. The summed E-state index contributed by atoms with van der Waals surface area (Å²) in [4.78, 5) is 0. The minimum Gasteiger partial charge on any atom is -0.317 e. The summed E-state index contributed by atoms with van der Waals surface area (Å²) >= 11 is 0. The molecule has 0 aliphatic rings. The molecule has 7 heavy (non-hydrogen) atoms. The minimum atomic E-state index is 0. The summed E-state index contributed by atoms with van der Waals surface area (Å²) in [6.45, 7) is 6.39. The average Bonchev–Trinajstić information content (AvgIpc) is 1.41. The number of halogens is 2. The van der Waals surface area contributed by atoms with Gasteiger partial charge in [-0.05, 0) is 13.1 Å². The molecule has 0 aromatic rings. The Hall–Kier alpha value is 0.180. The third-order valence-corrected chi connectivity index (χ3v) is 0.500. The first-order valence-electron chi connectivity index (χ1n) is 2.12. The van der Waals surface area contributed by atoms with Gasteiger partial charge in [-0.25, -0.2) is 0 Å². The van der Waals surface area contributed by atoms with Crippen LogP contribution in [0.25, 0.3) is 0 Å². The van der Waals surface area contributed by atoms with E-state index in [0.717, 1.165) is 13.1 Å². The second kappa shape index (κ2) is 16.4.